The minimum atomic E-state index is -0.467. The Morgan fingerprint density at radius 1 is 1.36 bits per heavy atom. The Balaban J connectivity index is 1.74. The lowest BCUT2D eigenvalue weighted by molar-refractivity contribution is -0.128. The average Bonchev–Trinajstić information content (AvgIpc) is 3.05. The Hall–Kier alpha value is -2.63. The molecule has 1 fully saturated rings. The molecule has 6 heteroatoms. The zero-order chi connectivity index (χ0) is 17.8. The number of carbonyl (C=O) groups is 2. The van der Waals surface area contributed by atoms with E-state index < -0.39 is 6.04 Å². The molecule has 3 rings (SSSR count). The first-order valence-corrected chi connectivity index (χ1v) is 8.62. The van der Waals surface area contributed by atoms with E-state index in [9.17, 15) is 9.59 Å². The second-order valence-electron chi connectivity index (χ2n) is 6.73. The van der Waals surface area contributed by atoms with Gasteiger partial charge in [-0.2, -0.15) is 0 Å². The SMILES string of the molecule is CC(C)CC1C(=O)NCCN1C(=O)c1ncc(Cc2ccccc2)o1. The highest BCUT2D eigenvalue weighted by Crippen LogP contribution is 2.18. The maximum Gasteiger partial charge on any atom is 0.310 e. The lowest BCUT2D eigenvalue weighted by Crippen LogP contribution is -2.57. The molecule has 0 spiro atoms. The Kier molecular flexibility index (Phi) is 5.16. The van der Waals surface area contributed by atoms with Crippen LogP contribution in [0.5, 0.6) is 0 Å². The van der Waals surface area contributed by atoms with Gasteiger partial charge in [0.2, 0.25) is 5.91 Å². The molecule has 0 saturated carbocycles. The fourth-order valence-corrected chi connectivity index (χ4v) is 3.05. The lowest BCUT2D eigenvalue weighted by atomic mass is 10.00. The fraction of sp³-hybridized carbons (Fsp3) is 0.421. The molecule has 2 heterocycles. The molecule has 1 aromatic heterocycles. The van der Waals surface area contributed by atoms with Crippen LogP contribution in [0.3, 0.4) is 0 Å². The van der Waals surface area contributed by atoms with Gasteiger partial charge in [-0.1, -0.05) is 44.2 Å². The van der Waals surface area contributed by atoms with Crippen LogP contribution in [0.15, 0.2) is 40.9 Å². The topological polar surface area (TPSA) is 75.4 Å². The van der Waals surface area contributed by atoms with E-state index in [4.69, 9.17) is 4.42 Å². The van der Waals surface area contributed by atoms with Gasteiger partial charge in [-0.25, -0.2) is 4.98 Å². The van der Waals surface area contributed by atoms with Crippen LogP contribution >= 0.6 is 0 Å². The van der Waals surface area contributed by atoms with E-state index in [1.165, 1.54) is 0 Å². The minimum Gasteiger partial charge on any atom is -0.437 e. The molecular weight excluding hydrogens is 318 g/mol. The third-order valence-corrected chi connectivity index (χ3v) is 4.24. The monoisotopic (exact) mass is 341 g/mol. The highest BCUT2D eigenvalue weighted by atomic mass is 16.4. The summed E-state index contributed by atoms with van der Waals surface area (Å²) < 4.78 is 5.66. The van der Waals surface area contributed by atoms with E-state index in [-0.39, 0.29) is 17.7 Å². The highest BCUT2D eigenvalue weighted by molar-refractivity contribution is 5.95. The summed E-state index contributed by atoms with van der Waals surface area (Å²) in [7, 11) is 0. The highest BCUT2D eigenvalue weighted by Gasteiger charge is 2.35. The van der Waals surface area contributed by atoms with E-state index in [1.807, 2.05) is 44.2 Å². The first-order valence-electron chi connectivity index (χ1n) is 8.62. The first-order chi connectivity index (χ1) is 12.0. The molecule has 0 radical (unpaired) electrons. The van der Waals surface area contributed by atoms with E-state index >= 15 is 0 Å². The van der Waals surface area contributed by atoms with E-state index in [0.29, 0.717) is 37.6 Å². The number of piperazine rings is 1. The van der Waals surface area contributed by atoms with Crippen LogP contribution in [-0.2, 0) is 11.2 Å². The molecule has 0 aliphatic carbocycles. The number of rotatable bonds is 5. The summed E-state index contributed by atoms with van der Waals surface area (Å²) >= 11 is 0. The van der Waals surface area contributed by atoms with Crippen LogP contribution in [0.2, 0.25) is 0 Å². The molecule has 1 aliphatic heterocycles. The summed E-state index contributed by atoms with van der Waals surface area (Å²) in [6.45, 7) is 5.00. The summed E-state index contributed by atoms with van der Waals surface area (Å²) in [4.78, 5) is 30.7. The molecule has 1 N–H and O–H groups in total. The molecule has 1 aliphatic rings. The zero-order valence-electron chi connectivity index (χ0n) is 14.6. The van der Waals surface area contributed by atoms with Crippen LogP contribution in [0.1, 0.15) is 42.3 Å². The van der Waals surface area contributed by atoms with Gasteiger partial charge >= 0.3 is 5.91 Å². The van der Waals surface area contributed by atoms with Gasteiger partial charge in [-0.3, -0.25) is 9.59 Å². The third-order valence-electron chi connectivity index (χ3n) is 4.24. The van der Waals surface area contributed by atoms with Gasteiger partial charge in [0.1, 0.15) is 11.8 Å². The number of amides is 2. The van der Waals surface area contributed by atoms with Crippen molar-refractivity contribution in [2.75, 3.05) is 13.1 Å². The summed E-state index contributed by atoms with van der Waals surface area (Å²) in [5.74, 6) is 0.567. The van der Waals surface area contributed by atoms with Gasteiger partial charge in [0, 0.05) is 19.5 Å². The van der Waals surface area contributed by atoms with Crippen LogP contribution in [-0.4, -0.2) is 40.8 Å². The molecule has 2 aromatic rings. The molecule has 1 unspecified atom stereocenters. The Labute approximate surface area is 147 Å². The largest absolute Gasteiger partial charge is 0.437 e. The van der Waals surface area contributed by atoms with E-state index in [0.717, 1.165) is 5.56 Å². The van der Waals surface area contributed by atoms with Crippen molar-refractivity contribution in [1.29, 1.82) is 0 Å². The number of nitrogens with one attached hydrogen (secondary N) is 1. The van der Waals surface area contributed by atoms with Crippen molar-refractivity contribution >= 4 is 11.8 Å². The normalized spacial score (nSPS) is 17.6. The van der Waals surface area contributed by atoms with E-state index in [2.05, 4.69) is 10.3 Å². The van der Waals surface area contributed by atoms with Gasteiger partial charge in [-0.15, -0.1) is 0 Å². The zero-order valence-corrected chi connectivity index (χ0v) is 14.6. The molecule has 1 atom stereocenters. The number of hydrogen-bond donors (Lipinski definition) is 1. The standard InChI is InChI=1S/C19H23N3O3/c1-13(2)10-16-17(23)20-8-9-22(16)19(24)18-21-12-15(25-18)11-14-6-4-3-5-7-14/h3-7,12-13,16H,8-11H2,1-2H3,(H,20,23). The average molecular weight is 341 g/mol. The second kappa shape index (κ2) is 7.51. The maximum atomic E-state index is 12.8. The van der Waals surface area contributed by atoms with Crippen molar-refractivity contribution in [2.24, 2.45) is 5.92 Å². The van der Waals surface area contributed by atoms with Crippen molar-refractivity contribution in [1.82, 2.24) is 15.2 Å². The molecule has 1 saturated heterocycles. The third kappa shape index (κ3) is 4.07. The van der Waals surface area contributed by atoms with Crippen LogP contribution in [0.25, 0.3) is 0 Å². The molecule has 6 nitrogen and oxygen atoms in total. The summed E-state index contributed by atoms with van der Waals surface area (Å²) in [6, 6.07) is 9.40. The summed E-state index contributed by atoms with van der Waals surface area (Å²) in [6.07, 6.45) is 2.79. The Bertz CT molecular complexity index is 739. The van der Waals surface area contributed by atoms with Gasteiger partial charge in [0.15, 0.2) is 0 Å². The first kappa shape index (κ1) is 17.2. The lowest BCUT2D eigenvalue weighted by Gasteiger charge is -2.35. The second-order valence-corrected chi connectivity index (χ2v) is 6.73. The molecule has 2 amide bonds. The molecule has 132 valence electrons. The maximum absolute atomic E-state index is 12.8. The predicted molar refractivity (Wildman–Crippen MR) is 93.0 cm³/mol. The van der Waals surface area contributed by atoms with Crippen molar-refractivity contribution in [3.63, 3.8) is 0 Å². The Morgan fingerprint density at radius 3 is 2.84 bits per heavy atom. The number of benzene rings is 1. The predicted octanol–water partition coefficient (Wildman–Crippen LogP) is 2.25. The summed E-state index contributed by atoms with van der Waals surface area (Å²) in [5.41, 5.74) is 1.09. The van der Waals surface area contributed by atoms with E-state index in [1.54, 1.807) is 11.1 Å². The van der Waals surface area contributed by atoms with Crippen molar-refractivity contribution in [3.8, 4) is 0 Å². The number of nitrogens with zero attached hydrogens (tertiary/aromatic N) is 2. The molecule has 0 bridgehead atoms. The number of carbonyl (C=O) groups excluding carboxylic acids is 2. The van der Waals surface area contributed by atoms with Crippen molar-refractivity contribution in [2.45, 2.75) is 32.7 Å². The van der Waals surface area contributed by atoms with Crippen molar-refractivity contribution in [3.05, 3.63) is 53.7 Å². The summed E-state index contributed by atoms with van der Waals surface area (Å²) in [5, 5.41) is 2.83. The van der Waals surface area contributed by atoms with Gasteiger partial charge in [0.05, 0.1) is 6.20 Å². The van der Waals surface area contributed by atoms with Crippen LogP contribution < -0.4 is 5.32 Å². The number of oxazole rings is 1. The Morgan fingerprint density at radius 2 is 2.12 bits per heavy atom. The molecule has 1 aromatic carbocycles. The fourth-order valence-electron chi connectivity index (χ4n) is 3.05. The number of aromatic nitrogens is 1. The van der Waals surface area contributed by atoms with Crippen LogP contribution in [0.4, 0.5) is 0 Å². The smallest absolute Gasteiger partial charge is 0.310 e. The van der Waals surface area contributed by atoms with Gasteiger partial charge < -0.3 is 14.6 Å². The van der Waals surface area contributed by atoms with Gasteiger partial charge in [0.25, 0.3) is 5.89 Å². The molecule has 25 heavy (non-hydrogen) atoms. The van der Waals surface area contributed by atoms with Gasteiger partial charge in [-0.05, 0) is 17.9 Å². The quantitative estimate of drug-likeness (QED) is 0.905. The minimum absolute atomic E-state index is 0.0504. The molecular formula is C19H23N3O3. The van der Waals surface area contributed by atoms with Crippen molar-refractivity contribution < 1.29 is 14.0 Å². The number of hydrogen-bond acceptors (Lipinski definition) is 4. The van der Waals surface area contributed by atoms with Crippen LogP contribution in [0, 0.1) is 5.92 Å².